The Hall–Kier alpha value is -0.830. The molecule has 3 heteroatoms. The first-order chi connectivity index (χ1) is 9.72. The summed E-state index contributed by atoms with van der Waals surface area (Å²) in [6.07, 6.45) is 16.1. The molecule has 0 spiro atoms. The Morgan fingerprint density at radius 3 is 2.25 bits per heavy atom. The fourth-order valence-electron chi connectivity index (χ4n) is 2.75. The van der Waals surface area contributed by atoms with Gasteiger partial charge in [-0.1, -0.05) is 64.4 Å². The molecule has 0 aromatic heterocycles. The minimum atomic E-state index is -0.646. The van der Waals surface area contributed by atoms with Crippen LogP contribution >= 0.6 is 0 Å². The van der Waals surface area contributed by atoms with Crippen LogP contribution in [0.25, 0.3) is 0 Å². The van der Waals surface area contributed by atoms with Gasteiger partial charge in [-0.15, -0.1) is 0 Å². The molecule has 0 amide bonds. The van der Waals surface area contributed by atoms with Gasteiger partial charge < -0.3 is 9.84 Å². The van der Waals surface area contributed by atoms with Gasteiger partial charge in [0.15, 0.2) is 0 Å². The van der Waals surface area contributed by atoms with Crippen LogP contribution < -0.4 is 0 Å². The summed E-state index contributed by atoms with van der Waals surface area (Å²) in [6.45, 7) is 2.17. The summed E-state index contributed by atoms with van der Waals surface area (Å²) in [4.78, 5) is 11.3. The minimum Gasteiger partial charge on any atom is -0.453 e. The van der Waals surface area contributed by atoms with Gasteiger partial charge in [-0.05, 0) is 12.8 Å². The predicted molar refractivity (Wildman–Crippen MR) is 81.5 cm³/mol. The van der Waals surface area contributed by atoms with Gasteiger partial charge in [0.1, 0.15) is 5.60 Å². The average Bonchev–Trinajstić information content (AvgIpc) is 2.45. The summed E-state index contributed by atoms with van der Waals surface area (Å²) in [6, 6.07) is 0. The number of hydrogen-bond acceptors (Lipinski definition) is 3. The summed E-state index contributed by atoms with van der Waals surface area (Å²) in [5.41, 5.74) is -0.646. The van der Waals surface area contributed by atoms with Crippen molar-refractivity contribution in [2.75, 3.05) is 6.61 Å². The maximum atomic E-state index is 11.3. The van der Waals surface area contributed by atoms with E-state index in [9.17, 15) is 9.90 Å². The van der Waals surface area contributed by atoms with E-state index in [2.05, 4.69) is 6.92 Å². The highest BCUT2D eigenvalue weighted by Crippen LogP contribution is 2.27. The molecule has 0 aromatic rings. The lowest BCUT2D eigenvalue weighted by molar-refractivity contribution is -0.161. The molecule has 1 heterocycles. The first-order valence-electron chi connectivity index (χ1n) is 8.23. The molecular weight excluding hydrogens is 252 g/mol. The van der Waals surface area contributed by atoms with Gasteiger partial charge in [-0.3, -0.25) is 0 Å². The van der Waals surface area contributed by atoms with Crippen molar-refractivity contribution in [2.24, 2.45) is 0 Å². The second-order valence-corrected chi connectivity index (χ2v) is 5.95. The Labute approximate surface area is 123 Å². The van der Waals surface area contributed by atoms with E-state index in [0.717, 1.165) is 19.3 Å². The van der Waals surface area contributed by atoms with Crippen LogP contribution in [0.2, 0.25) is 0 Å². The third-order valence-corrected chi connectivity index (χ3v) is 4.08. The summed E-state index contributed by atoms with van der Waals surface area (Å²) in [5, 5.41) is 9.47. The van der Waals surface area contributed by atoms with Crippen molar-refractivity contribution < 1.29 is 14.6 Å². The summed E-state index contributed by atoms with van der Waals surface area (Å²) in [5.74, 6) is -0.318. The second kappa shape index (κ2) is 9.98. The lowest BCUT2D eigenvalue weighted by atomic mass is 9.91. The van der Waals surface area contributed by atoms with Gasteiger partial charge in [0, 0.05) is 12.5 Å². The van der Waals surface area contributed by atoms with Gasteiger partial charge >= 0.3 is 5.97 Å². The Balaban J connectivity index is 2.05. The molecule has 3 nitrogen and oxygen atoms in total. The Bertz CT molecular complexity index is 299. The SMILES string of the molecule is CCCCCCCCCCC[C@]1(CO)CC=CC(=O)O1. The maximum absolute atomic E-state index is 11.3. The molecule has 20 heavy (non-hydrogen) atoms. The molecule has 0 bridgehead atoms. The molecule has 0 unspecified atom stereocenters. The Morgan fingerprint density at radius 1 is 1.10 bits per heavy atom. The molecule has 1 N–H and O–H groups in total. The standard InChI is InChI=1S/C17H30O3/c1-2-3-4-5-6-7-8-9-10-13-17(15-18)14-11-12-16(19)20-17/h11-12,18H,2-10,13-15H2,1H3/t17-/m1/s1. The fourth-order valence-corrected chi connectivity index (χ4v) is 2.75. The van der Waals surface area contributed by atoms with Crippen LogP contribution in [0.4, 0.5) is 0 Å². The third kappa shape index (κ3) is 6.56. The molecule has 0 aromatic carbocycles. The molecule has 116 valence electrons. The van der Waals surface area contributed by atoms with Gasteiger partial charge in [0.25, 0.3) is 0 Å². The monoisotopic (exact) mass is 282 g/mol. The second-order valence-electron chi connectivity index (χ2n) is 5.95. The van der Waals surface area contributed by atoms with E-state index in [4.69, 9.17) is 4.74 Å². The third-order valence-electron chi connectivity index (χ3n) is 4.08. The van der Waals surface area contributed by atoms with Crippen molar-refractivity contribution in [2.45, 2.75) is 83.2 Å². The largest absolute Gasteiger partial charge is 0.453 e. The predicted octanol–water partition coefficient (Wildman–Crippen LogP) is 4.14. The molecule has 0 saturated heterocycles. The maximum Gasteiger partial charge on any atom is 0.331 e. The lowest BCUT2D eigenvalue weighted by Gasteiger charge is -2.32. The Kier molecular flexibility index (Phi) is 8.59. The van der Waals surface area contributed by atoms with E-state index < -0.39 is 5.60 Å². The van der Waals surface area contributed by atoms with E-state index in [-0.39, 0.29) is 12.6 Å². The van der Waals surface area contributed by atoms with Crippen molar-refractivity contribution in [3.05, 3.63) is 12.2 Å². The summed E-state index contributed by atoms with van der Waals surface area (Å²) >= 11 is 0. The lowest BCUT2D eigenvalue weighted by Crippen LogP contribution is -2.40. The number of hydrogen-bond donors (Lipinski definition) is 1. The highest BCUT2D eigenvalue weighted by Gasteiger charge is 2.33. The summed E-state index contributed by atoms with van der Waals surface area (Å²) < 4.78 is 5.32. The quantitative estimate of drug-likeness (QED) is 0.457. The van der Waals surface area contributed by atoms with Crippen molar-refractivity contribution in [3.8, 4) is 0 Å². The zero-order valence-corrected chi connectivity index (χ0v) is 12.9. The summed E-state index contributed by atoms with van der Waals surface area (Å²) in [7, 11) is 0. The van der Waals surface area contributed by atoms with Crippen molar-refractivity contribution in [1.29, 1.82) is 0 Å². The number of carbonyl (C=O) groups is 1. The van der Waals surface area contributed by atoms with Gasteiger partial charge in [0.2, 0.25) is 0 Å². The minimum absolute atomic E-state index is 0.0693. The fraction of sp³-hybridized carbons (Fsp3) is 0.824. The number of carbonyl (C=O) groups excluding carboxylic acids is 1. The normalized spacial score (nSPS) is 22.0. The van der Waals surface area contributed by atoms with Crippen LogP contribution in [-0.2, 0) is 9.53 Å². The molecule has 0 radical (unpaired) electrons. The Morgan fingerprint density at radius 2 is 1.70 bits per heavy atom. The van der Waals surface area contributed by atoms with Crippen LogP contribution in [0, 0.1) is 0 Å². The number of esters is 1. The number of unbranched alkanes of at least 4 members (excludes halogenated alkanes) is 8. The first kappa shape index (κ1) is 17.2. The highest BCUT2D eigenvalue weighted by atomic mass is 16.6. The van der Waals surface area contributed by atoms with E-state index in [1.165, 1.54) is 51.0 Å². The van der Waals surface area contributed by atoms with Crippen LogP contribution in [0.3, 0.4) is 0 Å². The van der Waals surface area contributed by atoms with Crippen LogP contribution in [0.5, 0.6) is 0 Å². The molecule has 1 aliphatic rings. The van der Waals surface area contributed by atoms with Crippen LogP contribution in [0.15, 0.2) is 12.2 Å². The smallest absolute Gasteiger partial charge is 0.331 e. The molecular formula is C17H30O3. The van der Waals surface area contributed by atoms with Crippen LogP contribution in [0.1, 0.15) is 77.6 Å². The molecule has 1 atom stereocenters. The number of cyclic esters (lactones) is 1. The topological polar surface area (TPSA) is 46.5 Å². The van der Waals surface area contributed by atoms with Gasteiger partial charge in [-0.25, -0.2) is 4.79 Å². The van der Waals surface area contributed by atoms with Crippen molar-refractivity contribution >= 4 is 5.97 Å². The van der Waals surface area contributed by atoms with Crippen molar-refractivity contribution in [1.82, 2.24) is 0 Å². The zero-order valence-electron chi connectivity index (χ0n) is 12.9. The number of ether oxygens (including phenoxy) is 1. The number of aliphatic hydroxyl groups is 1. The van der Waals surface area contributed by atoms with Crippen LogP contribution in [-0.4, -0.2) is 23.3 Å². The molecule has 1 rings (SSSR count). The average molecular weight is 282 g/mol. The van der Waals surface area contributed by atoms with E-state index in [1.807, 2.05) is 6.08 Å². The number of aliphatic hydroxyl groups excluding tert-OH is 1. The van der Waals surface area contributed by atoms with Gasteiger partial charge in [-0.2, -0.15) is 0 Å². The molecule has 0 aliphatic carbocycles. The van der Waals surface area contributed by atoms with E-state index in [1.54, 1.807) is 0 Å². The first-order valence-corrected chi connectivity index (χ1v) is 8.23. The number of rotatable bonds is 11. The highest BCUT2D eigenvalue weighted by molar-refractivity contribution is 5.83. The van der Waals surface area contributed by atoms with E-state index in [0.29, 0.717) is 6.42 Å². The molecule has 1 aliphatic heterocycles. The van der Waals surface area contributed by atoms with Crippen molar-refractivity contribution in [3.63, 3.8) is 0 Å². The van der Waals surface area contributed by atoms with E-state index >= 15 is 0 Å². The molecule has 0 saturated carbocycles. The zero-order chi connectivity index (χ0) is 14.7. The van der Waals surface area contributed by atoms with Gasteiger partial charge in [0.05, 0.1) is 6.61 Å². The molecule has 0 fully saturated rings.